The molecule has 0 radical (unpaired) electrons. The lowest BCUT2D eigenvalue weighted by Gasteiger charge is -2.34. The zero-order valence-electron chi connectivity index (χ0n) is 25.3. The summed E-state index contributed by atoms with van der Waals surface area (Å²) in [5.74, 6) is -1.22. The Morgan fingerprint density at radius 3 is 2.39 bits per heavy atom. The molecule has 4 rings (SSSR count). The van der Waals surface area contributed by atoms with Gasteiger partial charge in [0.2, 0.25) is 15.9 Å². The van der Waals surface area contributed by atoms with Crippen molar-refractivity contribution in [2.45, 2.75) is 63.0 Å². The first-order valence-corrected chi connectivity index (χ1v) is 17.1. The van der Waals surface area contributed by atoms with Crippen LogP contribution in [-0.4, -0.2) is 90.0 Å². The minimum absolute atomic E-state index is 0.0191. The molecule has 2 aromatic carbocycles. The van der Waals surface area contributed by atoms with Gasteiger partial charge in [-0.15, -0.1) is 0 Å². The van der Waals surface area contributed by atoms with Crippen LogP contribution in [0.5, 0.6) is 5.75 Å². The first-order valence-electron chi connectivity index (χ1n) is 14.4. The number of carbonyl (C=O) groups excluding carboxylic acids is 3. The molecule has 240 valence electrons. The number of hydrogen-bond acceptors (Lipinski definition) is 11. The van der Waals surface area contributed by atoms with Crippen LogP contribution in [0.2, 0.25) is 0 Å². The van der Waals surface area contributed by atoms with Crippen molar-refractivity contribution >= 4 is 50.3 Å². The number of imide groups is 1. The Kier molecular flexibility index (Phi) is 10.5. The molecule has 2 aliphatic rings. The maximum absolute atomic E-state index is 12.8. The second-order valence-electron chi connectivity index (χ2n) is 12.1. The van der Waals surface area contributed by atoms with Gasteiger partial charge in [0.25, 0.3) is 5.24 Å². The number of piperidine rings is 1. The highest BCUT2D eigenvalue weighted by atomic mass is 32.2. The number of phenolic OH excluding ortho intramolecular Hbond substituents is 1. The van der Waals surface area contributed by atoms with Gasteiger partial charge in [-0.3, -0.25) is 24.0 Å². The topological polar surface area (TPSA) is 166 Å². The summed E-state index contributed by atoms with van der Waals surface area (Å²) in [6.07, 6.45) is 2.19. The Morgan fingerprint density at radius 2 is 1.77 bits per heavy atom. The lowest BCUT2D eigenvalue weighted by Crippen LogP contribution is -2.43. The van der Waals surface area contributed by atoms with Crippen LogP contribution in [0.4, 0.5) is 16.2 Å². The predicted molar refractivity (Wildman–Crippen MR) is 169 cm³/mol. The Balaban J connectivity index is 1.23. The number of aromatic hydroxyl groups is 1. The number of phenols is 1. The number of nitrogens with one attached hydrogen (secondary N) is 2. The molecule has 2 atom stereocenters. The molecule has 2 fully saturated rings. The van der Waals surface area contributed by atoms with Gasteiger partial charge in [0, 0.05) is 31.4 Å². The zero-order valence-corrected chi connectivity index (χ0v) is 26.9. The predicted octanol–water partition coefficient (Wildman–Crippen LogP) is 3.00. The monoisotopic (exact) mass is 648 g/mol. The van der Waals surface area contributed by atoms with Gasteiger partial charge in [0.1, 0.15) is 17.9 Å². The minimum Gasteiger partial charge on any atom is -0.506 e. The van der Waals surface area contributed by atoms with Crippen LogP contribution >= 0.6 is 11.8 Å². The van der Waals surface area contributed by atoms with E-state index in [1.165, 1.54) is 12.1 Å². The highest BCUT2D eigenvalue weighted by Gasteiger charge is 2.41. The van der Waals surface area contributed by atoms with Crippen LogP contribution in [0.25, 0.3) is 0 Å². The van der Waals surface area contributed by atoms with Crippen LogP contribution in [0.15, 0.2) is 42.5 Å². The SMILES string of the molecule is CC(C)(C)OC(=O)CN1C(=O)SC(Cc2ccc(N3CCC(NCC(O)c4ccc(O)c(NS(C)(=O)=O)c4)CC3)cc2)C1=O. The van der Waals surface area contributed by atoms with Crippen LogP contribution < -0.4 is 14.9 Å². The van der Waals surface area contributed by atoms with E-state index in [0.717, 1.165) is 60.1 Å². The largest absolute Gasteiger partial charge is 0.506 e. The second kappa shape index (κ2) is 13.8. The Labute approximate surface area is 262 Å². The van der Waals surface area contributed by atoms with Crippen molar-refractivity contribution in [3.05, 3.63) is 53.6 Å². The standard InChI is InChI=1S/C30H40N4O8S2/c1-30(2,3)42-27(37)18-34-28(38)26(43-29(34)39)15-19-5-8-22(9-6-19)33-13-11-21(12-14-33)31-17-25(36)20-7-10-24(35)23(16-20)32-44(4,40)41/h5-10,16,21,25-26,31-32,35-36H,11-15,17-18H2,1-4H3. The molecule has 2 aliphatic heterocycles. The number of aliphatic hydroxyl groups is 1. The molecule has 4 N–H and O–H groups in total. The van der Waals surface area contributed by atoms with E-state index < -0.39 is 38.2 Å². The van der Waals surface area contributed by atoms with Gasteiger partial charge < -0.3 is 25.2 Å². The summed E-state index contributed by atoms with van der Waals surface area (Å²) in [6.45, 7) is 6.68. The summed E-state index contributed by atoms with van der Waals surface area (Å²) in [5, 5.41) is 22.9. The van der Waals surface area contributed by atoms with Gasteiger partial charge in [0.15, 0.2) is 0 Å². The van der Waals surface area contributed by atoms with Crippen LogP contribution in [0.3, 0.4) is 0 Å². The summed E-state index contributed by atoms with van der Waals surface area (Å²) >= 11 is 0.933. The number of benzene rings is 2. The van der Waals surface area contributed by atoms with Crippen molar-refractivity contribution in [2.75, 3.05) is 42.1 Å². The fourth-order valence-electron chi connectivity index (χ4n) is 5.11. The summed E-state index contributed by atoms with van der Waals surface area (Å²) in [6, 6.07) is 12.4. The minimum atomic E-state index is -3.58. The number of thioether (sulfide) groups is 1. The molecule has 2 saturated heterocycles. The van der Waals surface area contributed by atoms with Crippen molar-refractivity contribution in [2.24, 2.45) is 0 Å². The van der Waals surface area contributed by atoms with Gasteiger partial charge in [-0.2, -0.15) is 0 Å². The number of rotatable bonds is 11. The Bertz CT molecular complexity index is 1470. The molecule has 0 aliphatic carbocycles. The van der Waals surface area contributed by atoms with Gasteiger partial charge >= 0.3 is 5.97 Å². The van der Waals surface area contributed by atoms with E-state index in [0.29, 0.717) is 12.0 Å². The first-order chi connectivity index (χ1) is 20.6. The molecule has 2 amide bonds. The Morgan fingerprint density at radius 1 is 1.11 bits per heavy atom. The van der Waals surface area contributed by atoms with E-state index in [1.54, 1.807) is 26.8 Å². The maximum Gasteiger partial charge on any atom is 0.326 e. The Hall–Kier alpha value is -3.33. The van der Waals surface area contributed by atoms with Crippen molar-refractivity contribution in [3.63, 3.8) is 0 Å². The van der Waals surface area contributed by atoms with Crippen LogP contribution in [0, 0.1) is 0 Å². The average molecular weight is 649 g/mol. The fourth-order valence-corrected chi connectivity index (χ4v) is 6.70. The lowest BCUT2D eigenvalue weighted by atomic mass is 10.0. The quantitative estimate of drug-likeness (QED) is 0.209. The fraction of sp³-hybridized carbons (Fsp3) is 0.500. The second-order valence-corrected chi connectivity index (χ2v) is 15.0. The smallest absolute Gasteiger partial charge is 0.326 e. The number of hydrogen-bond donors (Lipinski definition) is 4. The molecule has 0 spiro atoms. The highest BCUT2D eigenvalue weighted by molar-refractivity contribution is 8.15. The number of amides is 2. The molecule has 0 saturated carbocycles. The summed E-state index contributed by atoms with van der Waals surface area (Å²) in [4.78, 5) is 40.6. The number of aliphatic hydroxyl groups excluding tert-OH is 1. The van der Waals surface area contributed by atoms with Gasteiger partial charge in [0.05, 0.1) is 23.3 Å². The lowest BCUT2D eigenvalue weighted by molar-refractivity contribution is -0.157. The van der Waals surface area contributed by atoms with Gasteiger partial charge in [-0.1, -0.05) is 30.0 Å². The van der Waals surface area contributed by atoms with E-state index in [2.05, 4.69) is 14.9 Å². The van der Waals surface area contributed by atoms with Crippen molar-refractivity contribution in [1.29, 1.82) is 0 Å². The average Bonchev–Trinajstić information content (AvgIpc) is 3.19. The molecular weight excluding hydrogens is 608 g/mol. The molecule has 2 aromatic rings. The zero-order chi connectivity index (χ0) is 32.2. The van der Waals surface area contributed by atoms with E-state index in [4.69, 9.17) is 4.74 Å². The number of carbonyl (C=O) groups is 3. The molecule has 44 heavy (non-hydrogen) atoms. The third kappa shape index (κ3) is 9.34. The van der Waals surface area contributed by atoms with E-state index in [1.807, 2.05) is 24.3 Å². The maximum atomic E-state index is 12.8. The van der Waals surface area contributed by atoms with E-state index in [-0.39, 0.29) is 36.5 Å². The number of nitrogens with zero attached hydrogens (tertiary/aromatic N) is 2. The van der Waals surface area contributed by atoms with Crippen LogP contribution in [-0.2, 0) is 30.8 Å². The van der Waals surface area contributed by atoms with Crippen molar-refractivity contribution in [1.82, 2.24) is 10.2 Å². The number of ether oxygens (including phenoxy) is 1. The molecule has 0 aromatic heterocycles. The van der Waals surface area contributed by atoms with Crippen molar-refractivity contribution in [3.8, 4) is 5.75 Å². The van der Waals surface area contributed by atoms with Gasteiger partial charge in [-0.25, -0.2) is 8.42 Å². The van der Waals surface area contributed by atoms with Crippen molar-refractivity contribution < 1.29 is 37.8 Å². The van der Waals surface area contributed by atoms with E-state index in [9.17, 15) is 33.0 Å². The molecule has 12 nitrogen and oxygen atoms in total. The molecule has 14 heteroatoms. The number of esters is 1. The summed E-state index contributed by atoms with van der Waals surface area (Å²) < 4.78 is 30.6. The van der Waals surface area contributed by atoms with Crippen LogP contribution in [0.1, 0.15) is 50.8 Å². The molecule has 2 unspecified atom stereocenters. The first kappa shape index (κ1) is 33.6. The molecule has 0 bridgehead atoms. The molecular formula is C30H40N4O8S2. The third-order valence-electron chi connectivity index (χ3n) is 7.23. The van der Waals surface area contributed by atoms with Gasteiger partial charge in [-0.05, 0) is 75.4 Å². The highest BCUT2D eigenvalue weighted by Crippen LogP contribution is 2.31. The number of sulfonamides is 1. The summed E-state index contributed by atoms with van der Waals surface area (Å²) in [5.41, 5.74) is 1.77. The summed E-state index contributed by atoms with van der Waals surface area (Å²) in [7, 11) is -3.58. The normalized spacial score (nSPS) is 18.9. The third-order valence-corrected chi connectivity index (χ3v) is 8.90. The van der Waals surface area contributed by atoms with E-state index >= 15 is 0 Å². The molecule has 2 heterocycles. The number of anilines is 2.